The van der Waals surface area contributed by atoms with Crippen molar-refractivity contribution in [1.29, 1.82) is 0 Å². The van der Waals surface area contributed by atoms with Gasteiger partial charge >= 0.3 is 0 Å². The standard InChI is InChI=1S/C12H27NO5/c1-5-13(4)6-9(14)11(16)12(17)10(15)7-18-8(2)3/h8-12,14-17H,5-7H2,1-4H3/t9?,10-,11-,12-/m1/s1. The fourth-order valence-corrected chi connectivity index (χ4v) is 1.40. The number of aliphatic hydroxyl groups is 4. The Morgan fingerprint density at radius 1 is 1.00 bits per heavy atom. The van der Waals surface area contributed by atoms with Gasteiger partial charge in [-0.1, -0.05) is 6.92 Å². The monoisotopic (exact) mass is 265 g/mol. The molecular formula is C12H27NO5. The molecule has 0 rings (SSSR count). The third-order valence-electron chi connectivity index (χ3n) is 2.78. The molecular weight excluding hydrogens is 238 g/mol. The van der Waals surface area contributed by atoms with E-state index in [1.807, 2.05) is 6.92 Å². The van der Waals surface area contributed by atoms with Crippen LogP contribution in [-0.2, 0) is 4.74 Å². The van der Waals surface area contributed by atoms with Gasteiger partial charge in [-0.15, -0.1) is 0 Å². The summed E-state index contributed by atoms with van der Waals surface area (Å²) >= 11 is 0. The quantitative estimate of drug-likeness (QED) is 0.419. The van der Waals surface area contributed by atoms with Crippen molar-refractivity contribution in [2.45, 2.75) is 51.3 Å². The normalized spacial score (nSPS) is 19.0. The largest absolute Gasteiger partial charge is 0.389 e. The number of likely N-dealkylation sites (N-methyl/N-ethyl adjacent to an activating group) is 1. The molecule has 0 spiro atoms. The second-order valence-electron chi connectivity index (χ2n) is 4.85. The minimum absolute atomic E-state index is 0.0693. The van der Waals surface area contributed by atoms with Crippen molar-refractivity contribution >= 4 is 0 Å². The van der Waals surface area contributed by atoms with E-state index in [4.69, 9.17) is 4.74 Å². The van der Waals surface area contributed by atoms with Gasteiger partial charge in [-0.3, -0.25) is 0 Å². The van der Waals surface area contributed by atoms with Gasteiger partial charge in [-0.2, -0.15) is 0 Å². The highest BCUT2D eigenvalue weighted by Crippen LogP contribution is 2.07. The molecule has 0 fully saturated rings. The van der Waals surface area contributed by atoms with Gasteiger partial charge in [0.05, 0.1) is 18.8 Å². The number of rotatable bonds is 9. The maximum Gasteiger partial charge on any atom is 0.111 e. The molecule has 6 heteroatoms. The number of hydrogen-bond donors (Lipinski definition) is 4. The number of ether oxygens (including phenoxy) is 1. The van der Waals surface area contributed by atoms with Gasteiger partial charge in [0.1, 0.15) is 18.3 Å². The molecule has 18 heavy (non-hydrogen) atoms. The Morgan fingerprint density at radius 2 is 1.50 bits per heavy atom. The molecule has 4 N–H and O–H groups in total. The number of nitrogens with zero attached hydrogens (tertiary/aromatic N) is 1. The highest BCUT2D eigenvalue weighted by molar-refractivity contribution is 4.82. The molecule has 0 amide bonds. The second-order valence-corrected chi connectivity index (χ2v) is 4.85. The number of aliphatic hydroxyl groups excluding tert-OH is 4. The van der Waals surface area contributed by atoms with Crippen LogP contribution in [0.3, 0.4) is 0 Å². The molecule has 0 aromatic rings. The van der Waals surface area contributed by atoms with Crippen LogP contribution in [0.2, 0.25) is 0 Å². The summed E-state index contributed by atoms with van der Waals surface area (Å²) in [6, 6.07) is 0. The topological polar surface area (TPSA) is 93.4 Å². The van der Waals surface area contributed by atoms with E-state index >= 15 is 0 Å². The van der Waals surface area contributed by atoms with E-state index in [0.29, 0.717) is 0 Å². The highest BCUT2D eigenvalue weighted by atomic mass is 16.5. The van der Waals surface area contributed by atoms with Crippen LogP contribution in [0.25, 0.3) is 0 Å². The highest BCUT2D eigenvalue weighted by Gasteiger charge is 2.30. The minimum Gasteiger partial charge on any atom is -0.389 e. The molecule has 0 heterocycles. The lowest BCUT2D eigenvalue weighted by molar-refractivity contribution is -0.128. The average molecular weight is 265 g/mol. The lowest BCUT2D eigenvalue weighted by Crippen LogP contribution is -2.49. The molecule has 0 aliphatic rings. The van der Waals surface area contributed by atoms with Crippen molar-refractivity contribution < 1.29 is 25.2 Å². The summed E-state index contributed by atoms with van der Waals surface area (Å²) in [4.78, 5) is 1.80. The van der Waals surface area contributed by atoms with Gasteiger partial charge < -0.3 is 30.1 Å². The molecule has 110 valence electrons. The lowest BCUT2D eigenvalue weighted by atomic mass is 10.0. The maximum absolute atomic E-state index is 9.72. The van der Waals surface area contributed by atoms with Crippen LogP contribution in [0.15, 0.2) is 0 Å². The zero-order valence-electron chi connectivity index (χ0n) is 11.7. The fraction of sp³-hybridized carbons (Fsp3) is 1.00. The average Bonchev–Trinajstić information content (AvgIpc) is 2.33. The van der Waals surface area contributed by atoms with Crippen LogP contribution < -0.4 is 0 Å². The van der Waals surface area contributed by atoms with Gasteiger partial charge in [0.25, 0.3) is 0 Å². The summed E-state index contributed by atoms with van der Waals surface area (Å²) in [5.41, 5.74) is 0. The zero-order chi connectivity index (χ0) is 14.3. The molecule has 1 unspecified atom stereocenters. The molecule has 0 aromatic heterocycles. The van der Waals surface area contributed by atoms with Crippen molar-refractivity contribution in [2.75, 3.05) is 26.7 Å². The summed E-state index contributed by atoms with van der Waals surface area (Å²) in [5, 5.41) is 38.8. The van der Waals surface area contributed by atoms with E-state index < -0.39 is 24.4 Å². The van der Waals surface area contributed by atoms with E-state index in [0.717, 1.165) is 6.54 Å². The molecule has 0 aliphatic carbocycles. The lowest BCUT2D eigenvalue weighted by Gasteiger charge is -2.29. The van der Waals surface area contributed by atoms with Crippen molar-refractivity contribution in [1.82, 2.24) is 4.90 Å². The SMILES string of the molecule is CCN(C)CC(O)[C@@H](O)[C@H](O)[C@H](O)COC(C)C. The van der Waals surface area contributed by atoms with Gasteiger partial charge in [-0.25, -0.2) is 0 Å². The molecule has 4 atom stereocenters. The Labute approximate surface area is 109 Å². The van der Waals surface area contributed by atoms with Crippen LogP contribution >= 0.6 is 0 Å². The van der Waals surface area contributed by atoms with Crippen molar-refractivity contribution in [3.05, 3.63) is 0 Å². The Kier molecular flexibility index (Phi) is 8.67. The first-order chi connectivity index (χ1) is 8.29. The second kappa shape index (κ2) is 8.79. The smallest absolute Gasteiger partial charge is 0.111 e. The predicted octanol–water partition coefficient (Wildman–Crippen LogP) is -1.19. The Hall–Kier alpha value is -0.240. The molecule has 0 saturated heterocycles. The summed E-state index contributed by atoms with van der Waals surface area (Å²) in [6.45, 7) is 6.40. The molecule has 0 aliphatic heterocycles. The van der Waals surface area contributed by atoms with Crippen molar-refractivity contribution in [3.8, 4) is 0 Å². The van der Waals surface area contributed by atoms with E-state index in [-0.39, 0.29) is 19.3 Å². The van der Waals surface area contributed by atoms with Crippen LogP contribution in [0, 0.1) is 0 Å². The summed E-state index contributed by atoms with van der Waals surface area (Å²) in [5.74, 6) is 0. The van der Waals surface area contributed by atoms with Crippen LogP contribution in [0.5, 0.6) is 0 Å². The fourth-order valence-electron chi connectivity index (χ4n) is 1.40. The summed E-state index contributed by atoms with van der Waals surface area (Å²) in [7, 11) is 1.79. The zero-order valence-corrected chi connectivity index (χ0v) is 11.7. The van der Waals surface area contributed by atoms with E-state index in [9.17, 15) is 20.4 Å². The maximum atomic E-state index is 9.72. The Bertz CT molecular complexity index is 215. The van der Waals surface area contributed by atoms with E-state index in [1.165, 1.54) is 0 Å². The summed E-state index contributed by atoms with van der Waals surface area (Å²) in [6.07, 6.45) is -5.23. The molecule has 0 aromatic carbocycles. The molecule has 0 bridgehead atoms. The Morgan fingerprint density at radius 3 is 1.94 bits per heavy atom. The van der Waals surface area contributed by atoms with E-state index in [1.54, 1.807) is 25.8 Å². The number of hydrogen-bond acceptors (Lipinski definition) is 6. The first-order valence-electron chi connectivity index (χ1n) is 6.32. The molecule has 0 radical (unpaired) electrons. The third-order valence-corrected chi connectivity index (χ3v) is 2.78. The molecule has 0 saturated carbocycles. The van der Waals surface area contributed by atoms with Crippen molar-refractivity contribution in [3.63, 3.8) is 0 Å². The van der Waals surface area contributed by atoms with Gasteiger partial charge in [0, 0.05) is 6.54 Å². The molecule has 6 nitrogen and oxygen atoms in total. The van der Waals surface area contributed by atoms with E-state index in [2.05, 4.69) is 0 Å². The van der Waals surface area contributed by atoms with Gasteiger partial charge in [-0.05, 0) is 27.4 Å². The summed E-state index contributed by atoms with van der Waals surface area (Å²) < 4.78 is 5.14. The van der Waals surface area contributed by atoms with Crippen molar-refractivity contribution in [2.24, 2.45) is 0 Å². The van der Waals surface area contributed by atoms with Gasteiger partial charge in [0.2, 0.25) is 0 Å². The van der Waals surface area contributed by atoms with Crippen LogP contribution in [0.1, 0.15) is 20.8 Å². The van der Waals surface area contributed by atoms with Gasteiger partial charge in [0.15, 0.2) is 0 Å². The van der Waals surface area contributed by atoms with Crippen LogP contribution in [-0.4, -0.2) is 82.6 Å². The first kappa shape index (κ1) is 17.8. The Balaban J connectivity index is 4.17. The van der Waals surface area contributed by atoms with Crippen LogP contribution in [0.4, 0.5) is 0 Å². The third kappa shape index (κ3) is 6.63. The first-order valence-corrected chi connectivity index (χ1v) is 6.32. The predicted molar refractivity (Wildman–Crippen MR) is 68.3 cm³/mol. The minimum atomic E-state index is -1.43.